The van der Waals surface area contributed by atoms with Crippen molar-refractivity contribution in [1.82, 2.24) is 14.1 Å². The normalized spacial score (nSPS) is 20.9. The molecule has 4 bridgehead atoms. The van der Waals surface area contributed by atoms with Crippen LogP contribution in [0.2, 0.25) is 0 Å². The molecule has 0 N–H and O–H groups in total. The summed E-state index contributed by atoms with van der Waals surface area (Å²) in [6.45, 7) is 0. The third-order valence-electron chi connectivity index (χ3n) is 15.5. The van der Waals surface area contributed by atoms with E-state index in [1.165, 1.54) is 81.9 Å². The van der Waals surface area contributed by atoms with Gasteiger partial charge < -0.3 is 9.47 Å². The molecule has 4 heteroatoms. The van der Waals surface area contributed by atoms with Gasteiger partial charge in [0.05, 0.1) is 33.6 Å². The van der Waals surface area contributed by atoms with Gasteiger partial charge in [0.25, 0.3) is 0 Å². The molecule has 4 nitrogen and oxygen atoms in total. The zero-order valence-corrected chi connectivity index (χ0v) is 34.0. The first-order valence-corrected chi connectivity index (χ1v) is 22.3. The summed E-state index contributed by atoms with van der Waals surface area (Å²) in [6, 6.07) is 65.8. The summed E-state index contributed by atoms with van der Waals surface area (Å²) in [6.07, 6.45) is 8.88. The van der Waals surface area contributed by atoms with Gasteiger partial charge in [-0.25, -0.2) is 4.98 Å². The van der Waals surface area contributed by atoms with Crippen molar-refractivity contribution in [3.05, 3.63) is 193 Å². The van der Waals surface area contributed by atoms with Crippen molar-refractivity contribution in [2.24, 2.45) is 23.7 Å². The van der Waals surface area contributed by atoms with E-state index >= 15 is 0 Å². The largest absolute Gasteiger partial charge is 0.310 e. The van der Waals surface area contributed by atoms with Gasteiger partial charge in [0, 0.05) is 50.1 Å². The predicted octanol–water partition coefficient (Wildman–Crippen LogP) is 14.5. The second-order valence-corrected chi connectivity index (χ2v) is 18.4. The molecule has 4 saturated carbocycles. The quantitative estimate of drug-likeness (QED) is 0.178. The Bertz CT molecular complexity index is 3290. The second-order valence-electron chi connectivity index (χ2n) is 18.4. The van der Waals surface area contributed by atoms with E-state index in [4.69, 9.17) is 4.98 Å². The highest BCUT2D eigenvalue weighted by atomic mass is 15.2. The lowest BCUT2D eigenvalue weighted by Gasteiger charge is -2.64. The van der Waals surface area contributed by atoms with E-state index in [-0.39, 0.29) is 5.41 Å². The first kappa shape index (κ1) is 33.9. The lowest BCUT2D eigenvalue weighted by atomic mass is 9.41. The molecule has 10 aromatic rings. The number of aromatic nitrogens is 3. The zero-order valence-electron chi connectivity index (χ0n) is 34.0. The van der Waals surface area contributed by atoms with Gasteiger partial charge in [-0.15, -0.1) is 0 Å². The Balaban J connectivity index is 0.929. The number of rotatable bonds is 4. The summed E-state index contributed by atoms with van der Waals surface area (Å²) in [5.41, 5.74) is 16.3. The molecule has 4 aliphatic carbocycles. The van der Waals surface area contributed by atoms with Crippen LogP contribution in [0.5, 0.6) is 0 Å². The highest BCUT2D eigenvalue weighted by Crippen LogP contribution is 2.69. The Morgan fingerprint density at radius 1 is 0.426 bits per heavy atom. The van der Waals surface area contributed by atoms with Gasteiger partial charge in [0.1, 0.15) is 5.65 Å². The molecule has 61 heavy (non-hydrogen) atoms. The van der Waals surface area contributed by atoms with Gasteiger partial charge >= 0.3 is 0 Å². The van der Waals surface area contributed by atoms with Crippen LogP contribution in [0.4, 0.5) is 17.1 Å². The monoisotopic (exact) mass is 784 g/mol. The Kier molecular flexibility index (Phi) is 6.97. The fraction of sp³-hybridized carbons (Fsp3) is 0.175. The van der Waals surface area contributed by atoms with Crippen LogP contribution in [-0.2, 0) is 5.41 Å². The molecule has 3 aromatic heterocycles. The van der Waals surface area contributed by atoms with Gasteiger partial charge in [-0.2, -0.15) is 0 Å². The molecule has 5 aliphatic rings. The molecule has 0 saturated heterocycles. The van der Waals surface area contributed by atoms with E-state index in [0.29, 0.717) is 0 Å². The van der Waals surface area contributed by atoms with Crippen LogP contribution >= 0.6 is 0 Å². The smallest absolute Gasteiger partial charge is 0.145 e. The van der Waals surface area contributed by atoms with Crippen molar-refractivity contribution in [2.45, 2.75) is 37.5 Å². The van der Waals surface area contributed by atoms with Crippen molar-refractivity contribution in [2.75, 3.05) is 4.90 Å². The predicted molar refractivity (Wildman–Crippen MR) is 251 cm³/mol. The minimum atomic E-state index is 0.0962. The first-order chi connectivity index (χ1) is 30.2. The molecule has 7 aromatic carbocycles. The van der Waals surface area contributed by atoms with Crippen LogP contribution in [0.15, 0.2) is 182 Å². The van der Waals surface area contributed by atoms with Crippen LogP contribution in [0.1, 0.15) is 43.2 Å². The molecule has 0 radical (unpaired) electrons. The highest BCUT2D eigenvalue weighted by Gasteiger charge is 2.61. The molecular formula is C57H44N4. The Hall–Kier alpha value is -6.91. The molecule has 4 fully saturated rings. The zero-order chi connectivity index (χ0) is 39.8. The Labute approximate surface area is 355 Å². The minimum Gasteiger partial charge on any atom is -0.310 e. The van der Waals surface area contributed by atoms with Crippen molar-refractivity contribution in [3.8, 4) is 22.5 Å². The minimum absolute atomic E-state index is 0.0962. The van der Waals surface area contributed by atoms with E-state index in [1.807, 2.05) is 12.3 Å². The standard InChI is InChI=1S/C57H44N4/c1-6-21-50(61-52-23-8-2-16-44(52)46-18-12-28-58-56(46)61)43(15-1)38-13-11-14-41(34-38)59-51-22-7-3-17-45(51)47-35-42(26-27-53(47)59)60-54-24-9-4-19-48(54)57(49-20-5-10-25-55(49)60)39-30-36-29-37(32-39)33-40(57)31-36/h1-28,34-37,39-40H,29-33H2/t36-,37?,39-,40?/m0/s1. The van der Waals surface area contributed by atoms with Crippen molar-refractivity contribution < 1.29 is 0 Å². The Morgan fingerprint density at radius 2 is 1.02 bits per heavy atom. The molecular weight excluding hydrogens is 741 g/mol. The second kappa shape index (κ2) is 12.6. The third kappa shape index (κ3) is 4.57. The number of nitrogens with zero attached hydrogens (tertiary/aromatic N) is 4. The molecule has 1 aliphatic heterocycles. The number of pyridine rings is 1. The molecule has 0 amide bonds. The molecule has 0 atom stereocenters. The maximum atomic E-state index is 4.92. The highest BCUT2D eigenvalue weighted by molar-refractivity contribution is 6.11. The van der Waals surface area contributed by atoms with Gasteiger partial charge in [-0.05, 0) is 145 Å². The van der Waals surface area contributed by atoms with Crippen molar-refractivity contribution in [3.63, 3.8) is 0 Å². The topological polar surface area (TPSA) is 26.0 Å². The summed E-state index contributed by atoms with van der Waals surface area (Å²) in [7, 11) is 0. The van der Waals surface area contributed by atoms with E-state index in [9.17, 15) is 0 Å². The van der Waals surface area contributed by atoms with E-state index in [0.717, 1.165) is 57.2 Å². The third-order valence-corrected chi connectivity index (χ3v) is 15.5. The lowest BCUT2D eigenvalue weighted by molar-refractivity contribution is -0.0419. The van der Waals surface area contributed by atoms with Crippen LogP contribution in [-0.4, -0.2) is 14.1 Å². The van der Waals surface area contributed by atoms with Crippen molar-refractivity contribution >= 4 is 60.8 Å². The SMILES string of the molecule is c1cc(-c2ccccc2-n2c3ccccc3c3cccnc32)cc(-n2c3ccccc3c3cc(N4c5ccccc5C5(c6ccccc64)C4CC6C[C@H](C4)C[C@H]5C6)ccc32)c1. The average Bonchev–Trinajstić information content (AvgIpc) is 3.83. The first-order valence-electron chi connectivity index (χ1n) is 22.3. The number of fused-ring (bicyclic) bond motifs is 8. The van der Waals surface area contributed by atoms with Gasteiger partial charge in [0.2, 0.25) is 0 Å². The summed E-state index contributed by atoms with van der Waals surface area (Å²) in [4.78, 5) is 7.51. The van der Waals surface area contributed by atoms with Crippen molar-refractivity contribution in [1.29, 1.82) is 0 Å². The maximum Gasteiger partial charge on any atom is 0.145 e. The summed E-state index contributed by atoms with van der Waals surface area (Å²) in [5.74, 6) is 3.26. The van der Waals surface area contributed by atoms with E-state index in [2.05, 4.69) is 184 Å². The van der Waals surface area contributed by atoms with E-state index in [1.54, 1.807) is 11.1 Å². The molecule has 15 rings (SSSR count). The summed E-state index contributed by atoms with van der Waals surface area (Å²) in [5, 5.41) is 4.90. The summed E-state index contributed by atoms with van der Waals surface area (Å²) >= 11 is 0. The van der Waals surface area contributed by atoms with Crippen LogP contribution in [0, 0.1) is 23.7 Å². The summed E-state index contributed by atoms with van der Waals surface area (Å²) < 4.78 is 4.79. The number of hydrogen-bond acceptors (Lipinski definition) is 2. The number of hydrogen-bond donors (Lipinski definition) is 0. The van der Waals surface area contributed by atoms with Crippen LogP contribution < -0.4 is 4.90 Å². The van der Waals surface area contributed by atoms with Gasteiger partial charge in [0.15, 0.2) is 0 Å². The molecule has 292 valence electrons. The molecule has 0 unspecified atom stereocenters. The fourth-order valence-corrected chi connectivity index (χ4v) is 13.5. The van der Waals surface area contributed by atoms with Gasteiger partial charge in [-0.3, -0.25) is 4.57 Å². The number of anilines is 3. The Morgan fingerprint density at radius 3 is 1.75 bits per heavy atom. The number of benzene rings is 7. The van der Waals surface area contributed by atoms with Gasteiger partial charge in [-0.1, -0.05) is 103 Å². The number of para-hydroxylation sites is 5. The van der Waals surface area contributed by atoms with E-state index < -0.39 is 0 Å². The fourth-order valence-electron chi connectivity index (χ4n) is 13.5. The average molecular weight is 785 g/mol. The molecule has 4 heterocycles. The lowest BCUT2D eigenvalue weighted by Crippen LogP contribution is -2.57. The maximum absolute atomic E-state index is 4.92. The van der Waals surface area contributed by atoms with Crippen LogP contribution in [0.25, 0.3) is 66.2 Å². The van der Waals surface area contributed by atoms with Crippen LogP contribution in [0.3, 0.4) is 0 Å². The molecule has 1 spiro atoms.